The third-order valence-corrected chi connectivity index (χ3v) is 24.2. The molecule has 0 saturated carbocycles. The van der Waals surface area contributed by atoms with Gasteiger partial charge in [-0.05, 0) is 263 Å². The van der Waals surface area contributed by atoms with Crippen LogP contribution in [0.4, 0.5) is 34.1 Å². The van der Waals surface area contributed by atoms with Crippen LogP contribution in [-0.2, 0) is 0 Å². The van der Waals surface area contributed by atoms with E-state index in [0.29, 0.717) is 0 Å². The van der Waals surface area contributed by atoms with E-state index in [9.17, 15) is 0 Å². The molecule has 0 spiro atoms. The lowest BCUT2D eigenvalue weighted by atomic mass is 9.90. The van der Waals surface area contributed by atoms with Crippen LogP contribution in [0.1, 0.15) is 0 Å². The van der Waals surface area contributed by atoms with Gasteiger partial charge in [-0.1, -0.05) is 243 Å². The quantitative estimate of drug-likeness (QED) is 0.108. The first-order valence-electron chi connectivity index (χ1n) is 39.6. The van der Waals surface area contributed by atoms with Crippen LogP contribution in [0.3, 0.4) is 0 Å². The molecule has 22 aromatic rings. The molecule has 0 bridgehead atoms. The van der Waals surface area contributed by atoms with Crippen molar-refractivity contribution in [1.29, 1.82) is 0 Å². The molecule has 0 aliphatic heterocycles. The normalized spacial score (nSPS) is 11.8. The molecule has 542 valence electrons. The van der Waals surface area contributed by atoms with Crippen LogP contribution in [0, 0.1) is 0 Å². The summed E-state index contributed by atoms with van der Waals surface area (Å²) < 4.78 is 7.39. The van der Waals surface area contributed by atoms with Crippen LogP contribution in [0.5, 0.6) is 0 Å². The second-order valence-electron chi connectivity index (χ2n) is 30.7. The minimum atomic E-state index is 1.11. The first-order chi connectivity index (χ1) is 56.7. The molecule has 0 aliphatic rings. The Labute approximate surface area is 667 Å². The lowest BCUT2D eigenvalue weighted by molar-refractivity contribution is 1.17. The molecule has 0 N–H and O–H groups in total. The molecule has 0 aliphatic carbocycles. The van der Waals surface area contributed by atoms with E-state index in [0.717, 1.165) is 112 Å². The summed E-state index contributed by atoms with van der Waals surface area (Å²) in [6.07, 6.45) is 0. The Balaban J connectivity index is 0.649. The van der Waals surface area contributed by atoms with E-state index in [4.69, 9.17) is 0 Å². The molecule has 0 atom stereocenters. The van der Waals surface area contributed by atoms with Gasteiger partial charge in [0, 0.05) is 105 Å². The summed E-state index contributed by atoms with van der Waals surface area (Å²) in [4.78, 5) is 6.81. The highest BCUT2D eigenvalue weighted by Crippen LogP contribution is 2.46. The van der Waals surface area contributed by atoms with Crippen molar-refractivity contribution in [3.8, 4) is 72.7 Å². The molecule has 3 heterocycles. The van der Waals surface area contributed by atoms with Gasteiger partial charge in [-0.25, -0.2) is 0 Å². The van der Waals surface area contributed by atoms with Crippen molar-refractivity contribution in [1.82, 2.24) is 13.7 Å². The molecule has 3 aromatic heterocycles. The summed E-state index contributed by atoms with van der Waals surface area (Å²) in [6.45, 7) is 0. The number of fused-ring (bicyclic) bond motifs is 13. The van der Waals surface area contributed by atoms with Crippen LogP contribution in [0.25, 0.3) is 181 Å². The minimum absolute atomic E-state index is 1.11. The molecule has 6 nitrogen and oxygen atoms in total. The van der Waals surface area contributed by atoms with Crippen molar-refractivity contribution in [2.24, 2.45) is 0 Å². The molecule has 0 radical (unpaired) electrons. The van der Waals surface area contributed by atoms with Gasteiger partial charge in [-0.2, -0.15) is 0 Å². The van der Waals surface area contributed by atoms with E-state index >= 15 is 0 Å². The Bertz CT molecular complexity index is 7640. The Morgan fingerprint density at radius 3 is 1.05 bits per heavy atom. The second-order valence-corrected chi connectivity index (χ2v) is 30.7. The molecule has 6 heteroatoms. The van der Waals surface area contributed by atoms with Gasteiger partial charge in [-0.15, -0.1) is 0 Å². The minimum Gasteiger partial charge on any atom is -0.345 e. The average Bonchev–Trinajstić information content (AvgIpc) is 1.60. The fourth-order valence-electron chi connectivity index (χ4n) is 18.1. The fraction of sp³-hybridized carbons (Fsp3) is 0.0275. The molecule has 0 fully saturated rings. The van der Waals surface area contributed by atoms with E-state index < -0.39 is 0 Å². The molecule has 0 unspecified atom stereocenters. The van der Waals surface area contributed by atoms with Gasteiger partial charge in [0.15, 0.2) is 0 Å². The monoisotopic (exact) mass is 1470 g/mol. The number of nitrogens with zero attached hydrogens (tertiary/aromatic N) is 6. The predicted molar refractivity (Wildman–Crippen MR) is 490 cm³/mol. The van der Waals surface area contributed by atoms with Gasteiger partial charge in [0.25, 0.3) is 0 Å². The average molecular weight is 1470 g/mol. The summed E-state index contributed by atoms with van der Waals surface area (Å²) in [6, 6.07) is 151. The van der Waals surface area contributed by atoms with Gasteiger partial charge < -0.3 is 28.4 Å². The van der Waals surface area contributed by atoms with Crippen molar-refractivity contribution < 1.29 is 0 Å². The van der Waals surface area contributed by atoms with Gasteiger partial charge >= 0.3 is 0 Å². The lowest BCUT2D eigenvalue weighted by Gasteiger charge is -2.22. The fourth-order valence-corrected chi connectivity index (χ4v) is 18.1. The number of aromatic nitrogens is 3. The van der Waals surface area contributed by atoms with Gasteiger partial charge in [0.1, 0.15) is 0 Å². The van der Waals surface area contributed by atoms with E-state index in [1.165, 1.54) is 103 Å². The number of anilines is 6. The summed E-state index contributed by atoms with van der Waals surface area (Å²) in [5.74, 6) is 0. The third kappa shape index (κ3) is 11.5. The Morgan fingerprint density at radius 2 is 0.470 bits per heavy atom. The molecule has 19 aromatic carbocycles. The molecular formula is C109H76N6. The molecule has 115 heavy (non-hydrogen) atoms. The summed E-state index contributed by atoms with van der Waals surface area (Å²) in [5.41, 5.74) is 28.7. The van der Waals surface area contributed by atoms with Gasteiger partial charge in [0.05, 0.1) is 33.1 Å². The highest BCUT2D eigenvalue weighted by Gasteiger charge is 2.23. The van der Waals surface area contributed by atoms with Crippen LogP contribution >= 0.6 is 0 Å². The maximum absolute atomic E-state index is 2.47. The summed E-state index contributed by atoms with van der Waals surface area (Å²) >= 11 is 0. The van der Waals surface area contributed by atoms with Gasteiger partial charge in [-0.3, -0.25) is 0 Å². The molecule has 0 saturated heterocycles. The Hall–Kier alpha value is -15.0. The van der Waals surface area contributed by atoms with Crippen molar-refractivity contribution in [2.45, 2.75) is 0 Å². The van der Waals surface area contributed by atoms with Crippen molar-refractivity contribution in [3.63, 3.8) is 0 Å². The standard InChI is InChI=1S/C109H76N6/c1-110(85-25-7-4-8-26-85)88-47-40-72(41-48-88)94-54-44-80(64-101(94)82-37-35-79-63-93(51-43-76(79)59-82)115-108-66-75-24-16-15-23-74(75)65-103(108)100-58-53-90(70-109(100)115)112(3)87-29-11-6-12-30-87)81-45-55-98-96-31-17-19-33-104(96)113(106(98)67-81)92-50-42-77-60-83(38-36-78(77)62-92)102-69-89(111(2)86-27-9-5-10-28-86)52-57-95(102)84-46-56-99-97-32-18-20-34-105(97)114(107(99)68-84)91-49-39-71-21-13-14-22-73(71)61-91/h4-70H,1-3H3. The largest absolute Gasteiger partial charge is 0.345 e. The zero-order valence-corrected chi connectivity index (χ0v) is 63.9. The van der Waals surface area contributed by atoms with Crippen molar-refractivity contribution in [3.05, 3.63) is 406 Å². The van der Waals surface area contributed by atoms with E-state index in [1.54, 1.807) is 0 Å². The zero-order chi connectivity index (χ0) is 76.4. The number of benzene rings is 19. The van der Waals surface area contributed by atoms with Crippen molar-refractivity contribution in [2.75, 3.05) is 35.8 Å². The highest BCUT2D eigenvalue weighted by molar-refractivity contribution is 6.16. The Morgan fingerprint density at radius 1 is 0.157 bits per heavy atom. The number of rotatable bonds is 14. The number of hydrogen-bond donors (Lipinski definition) is 0. The Kier molecular flexibility index (Phi) is 15.8. The maximum Gasteiger partial charge on any atom is 0.0561 e. The topological polar surface area (TPSA) is 24.5 Å². The lowest BCUT2D eigenvalue weighted by Crippen LogP contribution is -2.09. The number of hydrogen-bond acceptors (Lipinski definition) is 3. The van der Waals surface area contributed by atoms with Crippen molar-refractivity contribution >= 4 is 143 Å². The predicted octanol–water partition coefficient (Wildman–Crippen LogP) is 29.2. The van der Waals surface area contributed by atoms with Crippen LogP contribution < -0.4 is 14.7 Å². The highest BCUT2D eigenvalue weighted by atomic mass is 15.1. The smallest absolute Gasteiger partial charge is 0.0561 e. The third-order valence-electron chi connectivity index (χ3n) is 24.2. The van der Waals surface area contributed by atoms with Crippen LogP contribution in [-0.4, -0.2) is 34.8 Å². The van der Waals surface area contributed by atoms with Gasteiger partial charge in [0.2, 0.25) is 0 Å². The number of para-hydroxylation sites is 5. The van der Waals surface area contributed by atoms with E-state index in [1.807, 2.05) is 0 Å². The zero-order valence-electron chi connectivity index (χ0n) is 63.9. The second kappa shape index (κ2) is 27.2. The molecule has 22 rings (SSSR count). The van der Waals surface area contributed by atoms with E-state index in [-0.39, 0.29) is 0 Å². The maximum atomic E-state index is 2.47. The molecule has 0 amide bonds. The first-order valence-corrected chi connectivity index (χ1v) is 39.6. The first kappa shape index (κ1) is 67.0. The molecular weight excluding hydrogens is 1390 g/mol. The SMILES string of the molecule is CN(c1ccccc1)c1ccc(-c2ccc(-c3ccc4c5ccccc5n(-c5ccc6cc(-c7cc(N(C)c8ccccc8)ccc7-c7ccc8c9ccccc9n(-c9ccc%10ccccc%10c9)c8c7)ccc6c5)c4c3)cc2-c2ccc3cc(-n4c5cc(N(C)c6ccccc6)ccc5c5cc6ccccc6cc54)ccc3c2)cc1. The van der Waals surface area contributed by atoms with Crippen LogP contribution in [0.2, 0.25) is 0 Å². The summed E-state index contributed by atoms with van der Waals surface area (Å²) in [5, 5.41) is 16.9. The van der Waals surface area contributed by atoms with E-state index in [2.05, 4.69) is 456 Å². The van der Waals surface area contributed by atoms with Crippen LogP contribution in [0.15, 0.2) is 406 Å². The summed E-state index contributed by atoms with van der Waals surface area (Å²) in [7, 11) is 6.46.